The van der Waals surface area contributed by atoms with Crippen molar-refractivity contribution in [2.24, 2.45) is 5.11 Å². The van der Waals surface area contributed by atoms with Crippen molar-refractivity contribution in [3.05, 3.63) is 40.9 Å². The summed E-state index contributed by atoms with van der Waals surface area (Å²) in [5, 5.41) is 3.46. The van der Waals surface area contributed by atoms with E-state index in [-0.39, 0.29) is 0 Å². The van der Waals surface area contributed by atoms with Crippen LogP contribution in [-0.4, -0.2) is 14.4 Å². The van der Waals surface area contributed by atoms with E-state index in [1.54, 1.807) is 24.8 Å². The summed E-state index contributed by atoms with van der Waals surface area (Å²) in [6.45, 7) is 0.307. The van der Waals surface area contributed by atoms with Gasteiger partial charge in [-0.15, -0.1) is 0 Å². The van der Waals surface area contributed by atoms with E-state index in [2.05, 4.69) is 20.0 Å². The summed E-state index contributed by atoms with van der Waals surface area (Å²) in [5.41, 5.74) is 9.77. The van der Waals surface area contributed by atoms with Crippen molar-refractivity contribution in [3.8, 4) is 0 Å². The van der Waals surface area contributed by atoms with Gasteiger partial charge in [0.15, 0.2) is 5.65 Å². The Labute approximate surface area is 73.5 Å². The molecule has 0 aromatic carbocycles. The second kappa shape index (κ2) is 3.12. The average molecular weight is 174 g/mol. The lowest BCUT2D eigenvalue weighted by Gasteiger charge is -1.94. The maximum Gasteiger partial charge on any atom is 0.155 e. The standard InChI is InChI=1S/C7H6N6/c8-12-11-4-6-3-10-7-5-9-1-2-13(6)7/h1-3,5H,4H2. The fourth-order valence-corrected chi connectivity index (χ4v) is 1.12. The third-order valence-electron chi connectivity index (χ3n) is 1.69. The number of fused-ring (bicyclic) bond motifs is 1. The number of hydrogen-bond donors (Lipinski definition) is 0. The quantitative estimate of drug-likeness (QED) is 0.393. The summed E-state index contributed by atoms with van der Waals surface area (Å²) in [5.74, 6) is 0. The van der Waals surface area contributed by atoms with Crippen molar-refractivity contribution in [1.82, 2.24) is 14.4 Å². The summed E-state index contributed by atoms with van der Waals surface area (Å²) in [6.07, 6.45) is 6.77. The second-order valence-corrected chi connectivity index (χ2v) is 2.44. The van der Waals surface area contributed by atoms with E-state index in [0.29, 0.717) is 6.54 Å². The topological polar surface area (TPSA) is 79.0 Å². The minimum absolute atomic E-state index is 0.307. The van der Waals surface area contributed by atoms with Gasteiger partial charge in [-0.3, -0.25) is 4.98 Å². The van der Waals surface area contributed by atoms with Crippen LogP contribution in [0.15, 0.2) is 29.9 Å². The molecule has 64 valence electrons. The molecule has 6 heteroatoms. The van der Waals surface area contributed by atoms with E-state index in [1.165, 1.54) is 0 Å². The molecule has 2 heterocycles. The molecule has 0 saturated heterocycles. The van der Waals surface area contributed by atoms with Crippen LogP contribution in [0.3, 0.4) is 0 Å². The van der Waals surface area contributed by atoms with Gasteiger partial charge in [-0.25, -0.2) is 4.98 Å². The van der Waals surface area contributed by atoms with Crippen LogP contribution in [0.1, 0.15) is 5.69 Å². The third kappa shape index (κ3) is 1.30. The molecule has 0 aliphatic heterocycles. The summed E-state index contributed by atoms with van der Waals surface area (Å²) in [7, 11) is 0. The maximum atomic E-state index is 8.15. The minimum Gasteiger partial charge on any atom is -0.301 e. The summed E-state index contributed by atoms with van der Waals surface area (Å²) in [6, 6.07) is 0. The summed E-state index contributed by atoms with van der Waals surface area (Å²) < 4.78 is 1.84. The van der Waals surface area contributed by atoms with Crippen LogP contribution < -0.4 is 0 Å². The minimum atomic E-state index is 0.307. The zero-order chi connectivity index (χ0) is 9.10. The maximum absolute atomic E-state index is 8.15. The van der Waals surface area contributed by atoms with Gasteiger partial charge >= 0.3 is 0 Å². The fourth-order valence-electron chi connectivity index (χ4n) is 1.12. The normalized spacial score (nSPS) is 9.85. The monoisotopic (exact) mass is 174 g/mol. The molecule has 2 rings (SSSR count). The van der Waals surface area contributed by atoms with Gasteiger partial charge in [0.1, 0.15) is 0 Å². The van der Waals surface area contributed by atoms with Crippen molar-refractivity contribution in [1.29, 1.82) is 0 Å². The van der Waals surface area contributed by atoms with E-state index in [1.807, 2.05) is 4.40 Å². The van der Waals surface area contributed by atoms with Crippen LogP contribution in [0, 0.1) is 0 Å². The first-order chi connectivity index (χ1) is 6.42. The number of aromatic nitrogens is 3. The molecule has 0 aliphatic rings. The van der Waals surface area contributed by atoms with Gasteiger partial charge in [-0.05, 0) is 5.53 Å². The van der Waals surface area contributed by atoms with Crippen molar-refractivity contribution in [2.75, 3.05) is 0 Å². The molecular weight excluding hydrogens is 168 g/mol. The van der Waals surface area contributed by atoms with Crippen molar-refractivity contribution >= 4 is 5.65 Å². The van der Waals surface area contributed by atoms with E-state index < -0.39 is 0 Å². The first-order valence-electron chi connectivity index (χ1n) is 3.68. The zero-order valence-electron chi connectivity index (χ0n) is 6.70. The third-order valence-corrected chi connectivity index (χ3v) is 1.69. The van der Waals surface area contributed by atoms with Crippen molar-refractivity contribution in [3.63, 3.8) is 0 Å². The van der Waals surface area contributed by atoms with E-state index in [0.717, 1.165) is 11.3 Å². The smallest absolute Gasteiger partial charge is 0.155 e. The highest BCUT2D eigenvalue weighted by Gasteiger charge is 1.99. The Morgan fingerprint density at radius 1 is 1.54 bits per heavy atom. The number of hydrogen-bond acceptors (Lipinski definition) is 3. The molecule has 0 N–H and O–H groups in total. The Morgan fingerprint density at radius 3 is 3.31 bits per heavy atom. The zero-order valence-corrected chi connectivity index (χ0v) is 6.70. The molecule has 2 aromatic heterocycles. The molecule has 0 aliphatic carbocycles. The predicted molar refractivity (Wildman–Crippen MR) is 45.8 cm³/mol. The number of rotatable bonds is 2. The second-order valence-electron chi connectivity index (χ2n) is 2.44. The van der Waals surface area contributed by atoms with E-state index in [9.17, 15) is 0 Å². The van der Waals surface area contributed by atoms with Gasteiger partial charge in [-0.1, -0.05) is 5.11 Å². The first kappa shape index (κ1) is 7.57. The van der Waals surface area contributed by atoms with Crippen LogP contribution in [0.25, 0.3) is 16.1 Å². The number of nitrogens with zero attached hydrogens (tertiary/aromatic N) is 6. The Hall–Kier alpha value is -2.07. The van der Waals surface area contributed by atoms with Crippen LogP contribution in [-0.2, 0) is 6.54 Å². The summed E-state index contributed by atoms with van der Waals surface area (Å²) in [4.78, 5) is 10.7. The largest absolute Gasteiger partial charge is 0.301 e. The van der Waals surface area contributed by atoms with Gasteiger partial charge < -0.3 is 4.40 Å². The van der Waals surface area contributed by atoms with Gasteiger partial charge in [-0.2, -0.15) is 0 Å². The number of azide groups is 1. The first-order valence-corrected chi connectivity index (χ1v) is 3.68. The molecule has 0 saturated carbocycles. The van der Waals surface area contributed by atoms with Crippen molar-refractivity contribution < 1.29 is 0 Å². The van der Waals surface area contributed by atoms with Gasteiger partial charge in [0, 0.05) is 29.2 Å². The highest BCUT2D eigenvalue weighted by Crippen LogP contribution is 2.05. The van der Waals surface area contributed by atoms with Crippen LogP contribution >= 0.6 is 0 Å². The number of imidazole rings is 1. The molecule has 2 aromatic rings. The Bertz CT molecular complexity index is 467. The average Bonchev–Trinajstić information content (AvgIpc) is 2.58. The molecule has 0 bridgehead atoms. The molecule has 13 heavy (non-hydrogen) atoms. The van der Waals surface area contributed by atoms with Gasteiger partial charge in [0.2, 0.25) is 0 Å². The lowest BCUT2D eigenvalue weighted by Crippen LogP contribution is -1.90. The predicted octanol–water partition coefficient (Wildman–Crippen LogP) is 1.54. The summed E-state index contributed by atoms with van der Waals surface area (Å²) >= 11 is 0. The molecule has 0 radical (unpaired) electrons. The van der Waals surface area contributed by atoms with Crippen molar-refractivity contribution in [2.45, 2.75) is 6.54 Å². The Morgan fingerprint density at radius 2 is 2.46 bits per heavy atom. The molecule has 0 spiro atoms. The highest BCUT2D eigenvalue weighted by molar-refractivity contribution is 5.36. The molecule has 0 fully saturated rings. The molecule has 6 nitrogen and oxygen atoms in total. The molecule has 0 amide bonds. The fraction of sp³-hybridized carbons (Fsp3) is 0.143. The Balaban J connectivity index is 2.51. The van der Waals surface area contributed by atoms with E-state index in [4.69, 9.17) is 5.53 Å². The van der Waals surface area contributed by atoms with E-state index >= 15 is 0 Å². The Kier molecular flexibility index (Phi) is 1.82. The molecule has 0 atom stereocenters. The van der Waals surface area contributed by atoms with Crippen LogP contribution in [0.4, 0.5) is 0 Å². The lowest BCUT2D eigenvalue weighted by molar-refractivity contribution is 0.941. The lowest BCUT2D eigenvalue weighted by atomic mass is 10.5. The molecule has 0 unspecified atom stereocenters. The molecular formula is C7H6N6. The van der Waals surface area contributed by atoms with Gasteiger partial charge in [0.05, 0.1) is 12.7 Å². The van der Waals surface area contributed by atoms with Gasteiger partial charge in [0.25, 0.3) is 0 Å². The highest BCUT2D eigenvalue weighted by atomic mass is 15.1. The SMILES string of the molecule is [N-]=[N+]=NCc1cnc2cnccn12. The van der Waals surface area contributed by atoms with Crippen LogP contribution in [0.2, 0.25) is 0 Å². The van der Waals surface area contributed by atoms with Crippen LogP contribution in [0.5, 0.6) is 0 Å².